The Balaban J connectivity index is 1.56. The summed E-state index contributed by atoms with van der Waals surface area (Å²) >= 11 is 11.8. The quantitative estimate of drug-likeness (QED) is 0.759. The van der Waals surface area contributed by atoms with Crippen molar-refractivity contribution in [1.82, 2.24) is 4.90 Å². The lowest BCUT2D eigenvalue weighted by molar-refractivity contribution is -0.114. The number of amides is 2. The Kier molecular flexibility index (Phi) is 6.58. The van der Waals surface area contributed by atoms with Crippen LogP contribution in [0.4, 0.5) is 11.4 Å². The van der Waals surface area contributed by atoms with Gasteiger partial charge in [0.2, 0.25) is 5.91 Å². The molecular weight excluding hydrogens is 385 g/mol. The first-order chi connectivity index (χ1) is 13.0. The van der Waals surface area contributed by atoms with E-state index in [0.717, 1.165) is 31.6 Å². The van der Waals surface area contributed by atoms with Crippen molar-refractivity contribution in [3.8, 4) is 0 Å². The number of benzene rings is 2. The standard InChI is InChI=1S/C20H21Cl2N3O2/c21-17-8-7-16(12-18(17)22)24-19(26)13-23-15-6-4-5-14(11-15)20(27)25-9-2-1-3-10-25/h4-8,11-12,23H,1-3,9-10,13H2,(H,24,26). The Morgan fingerprint density at radius 1 is 0.926 bits per heavy atom. The van der Waals surface area contributed by atoms with Crippen LogP contribution in [0.25, 0.3) is 0 Å². The Labute approximate surface area is 168 Å². The maximum atomic E-state index is 12.6. The molecular formula is C20H21Cl2N3O2. The molecule has 0 aromatic heterocycles. The first kappa shape index (κ1) is 19.5. The summed E-state index contributed by atoms with van der Waals surface area (Å²) in [4.78, 5) is 26.6. The molecule has 1 aliphatic heterocycles. The lowest BCUT2D eigenvalue weighted by atomic mass is 10.1. The van der Waals surface area contributed by atoms with Gasteiger partial charge in [0.15, 0.2) is 0 Å². The molecule has 1 heterocycles. The molecule has 0 radical (unpaired) electrons. The minimum Gasteiger partial charge on any atom is -0.376 e. The van der Waals surface area contributed by atoms with E-state index in [9.17, 15) is 9.59 Å². The molecule has 2 N–H and O–H groups in total. The zero-order valence-corrected chi connectivity index (χ0v) is 16.3. The SMILES string of the molecule is O=C(CNc1cccc(C(=O)N2CCCCC2)c1)Nc1ccc(Cl)c(Cl)c1. The number of rotatable bonds is 5. The molecule has 1 aliphatic rings. The molecule has 0 unspecified atom stereocenters. The highest BCUT2D eigenvalue weighted by Crippen LogP contribution is 2.25. The summed E-state index contributed by atoms with van der Waals surface area (Å²) in [5.41, 5.74) is 1.93. The fourth-order valence-electron chi connectivity index (χ4n) is 3.00. The summed E-state index contributed by atoms with van der Waals surface area (Å²) in [6, 6.07) is 12.1. The van der Waals surface area contributed by atoms with Gasteiger partial charge in [0.05, 0.1) is 16.6 Å². The van der Waals surface area contributed by atoms with Crippen molar-refractivity contribution >= 4 is 46.4 Å². The molecule has 3 rings (SSSR count). The lowest BCUT2D eigenvalue weighted by Gasteiger charge is -2.26. The lowest BCUT2D eigenvalue weighted by Crippen LogP contribution is -2.35. The number of likely N-dealkylation sites (tertiary alicyclic amines) is 1. The normalized spacial score (nSPS) is 13.9. The van der Waals surface area contributed by atoms with E-state index in [1.807, 2.05) is 17.0 Å². The van der Waals surface area contributed by atoms with E-state index in [4.69, 9.17) is 23.2 Å². The zero-order valence-electron chi connectivity index (χ0n) is 14.8. The fourth-order valence-corrected chi connectivity index (χ4v) is 3.30. The smallest absolute Gasteiger partial charge is 0.253 e. The number of piperidine rings is 1. The van der Waals surface area contributed by atoms with Crippen LogP contribution in [0.15, 0.2) is 42.5 Å². The molecule has 2 amide bonds. The first-order valence-corrected chi connectivity index (χ1v) is 9.66. The van der Waals surface area contributed by atoms with Crippen LogP contribution in [-0.4, -0.2) is 36.3 Å². The predicted molar refractivity (Wildman–Crippen MR) is 110 cm³/mol. The van der Waals surface area contributed by atoms with Gasteiger partial charge in [-0.15, -0.1) is 0 Å². The molecule has 0 saturated carbocycles. The molecule has 1 saturated heterocycles. The van der Waals surface area contributed by atoms with Crippen LogP contribution in [0.3, 0.4) is 0 Å². The minimum atomic E-state index is -0.221. The van der Waals surface area contributed by atoms with E-state index >= 15 is 0 Å². The number of nitrogens with one attached hydrogen (secondary N) is 2. The third-order valence-electron chi connectivity index (χ3n) is 4.41. The van der Waals surface area contributed by atoms with E-state index in [-0.39, 0.29) is 18.4 Å². The maximum Gasteiger partial charge on any atom is 0.253 e. The average molecular weight is 406 g/mol. The van der Waals surface area contributed by atoms with Crippen molar-refractivity contribution < 1.29 is 9.59 Å². The number of anilines is 2. The molecule has 2 aromatic carbocycles. The van der Waals surface area contributed by atoms with Gasteiger partial charge in [0.25, 0.3) is 5.91 Å². The van der Waals surface area contributed by atoms with E-state index in [1.54, 1.807) is 30.3 Å². The molecule has 0 atom stereocenters. The molecule has 142 valence electrons. The number of hydrogen-bond donors (Lipinski definition) is 2. The van der Waals surface area contributed by atoms with Crippen LogP contribution >= 0.6 is 23.2 Å². The van der Waals surface area contributed by atoms with Crippen molar-refractivity contribution in [3.63, 3.8) is 0 Å². The fraction of sp³-hybridized carbons (Fsp3) is 0.300. The molecule has 2 aromatic rings. The van der Waals surface area contributed by atoms with Crippen LogP contribution in [0, 0.1) is 0 Å². The van der Waals surface area contributed by atoms with Crippen LogP contribution in [0.1, 0.15) is 29.6 Å². The Hall–Kier alpha value is -2.24. The molecule has 27 heavy (non-hydrogen) atoms. The summed E-state index contributed by atoms with van der Waals surface area (Å²) in [6.07, 6.45) is 3.29. The highest BCUT2D eigenvalue weighted by molar-refractivity contribution is 6.42. The van der Waals surface area contributed by atoms with Gasteiger partial charge in [-0.05, 0) is 55.7 Å². The summed E-state index contributed by atoms with van der Waals surface area (Å²) in [7, 11) is 0. The summed E-state index contributed by atoms with van der Waals surface area (Å²) < 4.78 is 0. The summed E-state index contributed by atoms with van der Waals surface area (Å²) in [5.74, 6) is -0.181. The van der Waals surface area contributed by atoms with E-state index in [1.165, 1.54) is 6.42 Å². The molecule has 7 heteroatoms. The Bertz CT molecular complexity index is 836. The second-order valence-corrected chi connectivity index (χ2v) is 7.28. The third-order valence-corrected chi connectivity index (χ3v) is 5.15. The summed E-state index contributed by atoms with van der Waals surface area (Å²) in [6.45, 7) is 1.69. The Morgan fingerprint density at radius 3 is 2.44 bits per heavy atom. The van der Waals surface area contributed by atoms with Crippen LogP contribution in [-0.2, 0) is 4.79 Å². The van der Waals surface area contributed by atoms with Gasteiger partial charge in [-0.25, -0.2) is 0 Å². The van der Waals surface area contributed by atoms with Crippen molar-refractivity contribution in [2.24, 2.45) is 0 Å². The summed E-state index contributed by atoms with van der Waals surface area (Å²) in [5, 5.41) is 6.61. The van der Waals surface area contributed by atoms with E-state index in [0.29, 0.717) is 21.3 Å². The number of hydrogen-bond acceptors (Lipinski definition) is 3. The molecule has 0 spiro atoms. The third kappa shape index (κ3) is 5.37. The van der Waals surface area contributed by atoms with Crippen LogP contribution in [0.5, 0.6) is 0 Å². The van der Waals surface area contributed by atoms with Crippen molar-refractivity contribution in [3.05, 3.63) is 58.1 Å². The number of carbonyl (C=O) groups is 2. The highest BCUT2D eigenvalue weighted by atomic mass is 35.5. The van der Waals surface area contributed by atoms with Crippen LogP contribution in [0.2, 0.25) is 10.0 Å². The molecule has 0 bridgehead atoms. The number of halogens is 2. The van der Waals surface area contributed by atoms with Crippen molar-refractivity contribution in [2.45, 2.75) is 19.3 Å². The zero-order chi connectivity index (χ0) is 19.2. The second kappa shape index (κ2) is 9.11. The Morgan fingerprint density at radius 2 is 1.70 bits per heavy atom. The first-order valence-electron chi connectivity index (χ1n) is 8.91. The topological polar surface area (TPSA) is 61.4 Å². The maximum absolute atomic E-state index is 12.6. The van der Waals surface area contributed by atoms with Gasteiger partial charge >= 0.3 is 0 Å². The molecule has 5 nitrogen and oxygen atoms in total. The van der Waals surface area contributed by atoms with E-state index < -0.39 is 0 Å². The highest BCUT2D eigenvalue weighted by Gasteiger charge is 2.18. The monoisotopic (exact) mass is 405 g/mol. The van der Waals surface area contributed by atoms with Gasteiger partial charge in [-0.3, -0.25) is 9.59 Å². The molecule has 1 fully saturated rings. The number of carbonyl (C=O) groups excluding carboxylic acids is 2. The van der Waals surface area contributed by atoms with Gasteiger partial charge < -0.3 is 15.5 Å². The van der Waals surface area contributed by atoms with Gasteiger partial charge in [-0.1, -0.05) is 29.3 Å². The van der Waals surface area contributed by atoms with Gasteiger partial charge in [0.1, 0.15) is 0 Å². The minimum absolute atomic E-state index is 0.0404. The average Bonchev–Trinajstić information content (AvgIpc) is 2.69. The van der Waals surface area contributed by atoms with E-state index in [2.05, 4.69) is 10.6 Å². The largest absolute Gasteiger partial charge is 0.376 e. The van der Waals surface area contributed by atoms with Crippen molar-refractivity contribution in [2.75, 3.05) is 30.3 Å². The molecule has 0 aliphatic carbocycles. The van der Waals surface area contributed by atoms with Gasteiger partial charge in [0, 0.05) is 30.0 Å². The number of nitrogens with zero attached hydrogens (tertiary/aromatic N) is 1. The predicted octanol–water partition coefficient (Wildman–Crippen LogP) is 4.67. The van der Waals surface area contributed by atoms with Gasteiger partial charge in [-0.2, -0.15) is 0 Å². The van der Waals surface area contributed by atoms with Crippen molar-refractivity contribution in [1.29, 1.82) is 0 Å². The van der Waals surface area contributed by atoms with Crippen LogP contribution < -0.4 is 10.6 Å². The second-order valence-electron chi connectivity index (χ2n) is 6.46.